The summed E-state index contributed by atoms with van der Waals surface area (Å²) in [4.78, 5) is 10.8. The molecule has 1 rings (SSSR count). The van der Waals surface area contributed by atoms with E-state index in [2.05, 4.69) is 21.2 Å². The highest BCUT2D eigenvalue weighted by Crippen LogP contribution is 2.17. The van der Waals surface area contributed by atoms with Crippen molar-refractivity contribution >= 4 is 21.8 Å². The normalized spacial score (nSPS) is 12.2. The monoisotopic (exact) mass is 241 g/mol. The summed E-state index contributed by atoms with van der Waals surface area (Å²) in [6.45, 7) is 3.48. The number of amides is 1. The number of carbonyl (C=O) groups excluding carboxylic acids is 1. The first kappa shape index (κ1) is 10.3. The highest BCUT2D eigenvalue weighted by Gasteiger charge is 2.05. The second-order valence-electron chi connectivity index (χ2n) is 2.98. The summed E-state index contributed by atoms with van der Waals surface area (Å²) < 4.78 is 1.03. The van der Waals surface area contributed by atoms with Crippen molar-refractivity contribution in [2.45, 2.75) is 19.9 Å². The van der Waals surface area contributed by atoms with E-state index >= 15 is 0 Å². The minimum atomic E-state index is -0.00697. The molecule has 0 heterocycles. The molecule has 0 aliphatic carbocycles. The lowest BCUT2D eigenvalue weighted by atomic mass is 10.1. The van der Waals surface area contributed by atoms with Gasteiger partial charge in [-0.1, -0.05) is 28.1 Å². The zero-order chi connectivity index (χ0) is 9.84. The lowest BCUT2D eigenvalue weighted by Gasteiger charge is -2.12. The lowest BCUT2D eigenvalue weighted by Crippen LogP contribution is -2.23. The second-order valence-corrected chi connectivity index (χ2v) is 3.89. The van der Waals surface area contributed by atoms with Crippen molar-refractivity contribution in [3.8, 4) is 0 Å². The van der Waals surface area contributed by atoms with Crippen LogP contribution in [0.25, 0.3) is 0 Å². The van der Waals surface area contributed by atoms with Gasteiger partial charge in [0.25, 0.3) is 0 Å². The summed E-state index contributed by atoms with van der Waals surface area (Å²) >= 11 is 3.38. The minimum Gasteiger partial charge on any atom is -0.350 e. The SMILES string of the molecule is CC(=O)NC(C)c1cccc(Br)c1. The van der Waals surface area contributed by atoms with Crippen LogP contribution in [0.5, 0.6) is 0 Å². The van der Waals surface area contributed by atoms with Gasteiger partial charge in [-0.05, 0) is 24.6 Å². The zero-order valence-corrected chi connectivity index (χ0v) is 9.26. The molecule has 0 radical (unpaired) electrons. The Bertz CT molecular complexity index is 312. The zero-order valence-electron chi connectivity index (χ0n) is 7.67. The molecule has 0 aliphatic rings. The van der Waals surface area contributed by atoms with Crippen LogP contribution in [0, 0.1) is 0 Å². The highest BCUT2D eigenvalue weighted by molar-refractivity contribution is 9.10. The molecule has 0 aromatic heterocycles. The molecule has 0 fully saturated rings. The third kappa shape index (κ3) is 3.19. The van der Waals surface area contributed by atoms with Gasteiger partial charge in [0, 0.05) is 11.4 Å². The van der Waals surface area contributed by atoms with Gasteiger partial charge in [-0.3, -0.25) is 4.79 Å². The van der Waals surface area contributed by atoms with Crippen LogP contribution in [0.15, 0.2) is 28.7 Å². The average molecular weight is 242 g/mol. The fraction of sp³-hybridized carbons (Fsp3) is 0.300. The maximum atomic E-state index is 10.8. The molecule has 1 N–H and O–H groups in total. The van der Waals surface area contributed by atoms with Crippen molar-refractivity contribution in [3.05, 3.63) is 34.3 Å². The number of benzene rings is 1. The van der Waals surface area contributed by atoms with E-state index in [0.717, 1.165) is 10.0 Å². The molecular weight excluding hydrogens is 230 g/mol. The van der Waals surface area contributed by atoms with E-state index in [4.69, 9.17) is 0 Å². The number of hydrogen-bond donors (Lipinski definition) is 1. The van der Waals surface area contributed by atoms with Crippen LogP contribution in [-0.4, -0.2) is 5.91 Å². The Labute approximate surface area is 86.5 Å². The summed E-state index contributed by atoms with van der Waals surface area (Å²) in [7, 11) is 0. The van der Waals surface area contributed by atoms with Gasteiger partial charge in [-0.2, -0.15) is 0 Å². The Kier molecular flexibility index (Phi) is 3.48. The van der Waals surface area contributed by atoms with Gasteiger partial charge in [0.2, 0.25) is 5.91 Å². The van der Waals surface area contributed by atoms with Crippen LogP contribution in [0.2, 0.25) is 0 Å². The third-order valence-corrected chi connectivity index (χ3v) is 2.26. The Morgan fingerprint density at radius 1 is 1.54 bits per heavy atom. The number of carbonyl (C=O) groups is 1. The molecule has 1 aromatic carbocycles. The summed E-state index contributed by atoms with van der Waals surface area (Å²) in [6, 6.07) is 7.98. The number of halogens is 1. The first-order valence-corrected chi connectivity index (χ1v) is 4.91. The van der Waals surface area contributed by atoms with Crippen LogP contribution in [0.1, 0.15) is 25.5 Å². The molecule has 1 unspecified atom stereocenters. The molecular formula is C10H12BrNO. The third-order valence-electron chi connectivity index (χ3n) is 1.77. The van der Waals surface area contributed by atoms with Crippen LogP contribution in [0.3, 0.4) is 0 Å². The van der Waals surface area contributed by atoms with Gasteiger partial charge in [-0.15, -0.1) is 0 Å². The Hall–Kier alpha value is -0.830. The minimum absolute atomic E-state index is 0.00697. The molecule has 3 heteroatoms. The Morgan fingerprint density at radius 3 is 2.77 bits per heavy atom. The lowest BCUT2D eigenvalue weighted by molar-refractivity contribution is -0.119. The molecule has 0 saturated carbocycles. The molecule has 70 valence electrons. The fourth-order valence-corrected chi connectivity index (χ4v) is 1.58. The van der Waals surface area contributed by atoms with E-state index in [-0.39, 0.29) is 11.9 Å². The van der Waals surface area contributed by atoms with Gasteiger partial charge in [-0.25, -0.2) is 0 Å². The van der Waals surface area contributed by atoms with Crippen LogP contribution >= 0.6 is 15.9 Å². The summed E-state index contributed by atoms with van der Waals surface area (Å²) in [5.41, 5.74) is 1.10. The molecule has 0 aliphatic heterocycles. The van der Waals surface area contributed by atoms with Crippen molar-refractivity contribution in [2.24, 2.45) is 0 Å². The molecule has 1 aromatic rings. The summed E-state index contributed by atoms with van der Waals surface area (Å²) in [6.07, 6.45) is 0. The predicted octanol–water partition coefficient (Wildman–Crippen LogP) is 2.65. The van der Waals surface area contributed by atoms with Gasteiger partial charge in [0.05, 0.1) is 6.04 Å². The van der Waals surface area contributed by atoms with Crippen molar-refractivity contribution in [1.82, 2.24) is 5.32 Å². The van der Waals surface area contributed by atoms with Gasteiger partial charge in [0.15, 0.2) is 0 Å². The van der Waals surface area contributed by atoms with E-state index < -0.39 is 0 Å². The van der Waals surface area contributed by atoms with Gasteiger partial charge >= 0.3 is 0 Å². The second kappa shape index (κ2) is 4.42. The number of rotatable bonds is 2. The van der Waals surface area contributed by atoms with E-state index in [1.165, 1.54) is 6.92 Å². The summed E-state index contributed by atoms with van der Waals surface area (Å²) in [5, 5.41) is 2.83. The predicted molar refractivity (Wildman–Crippen MR) is 56.4 cm³/mol. The standard InChI is InChI=1S/C10H12BrNO/c1-7(12-8(2)13)9-4-3-5-10(11)6-9/h3-7H,1-2H3,(H,12,13). The molecule has 1 amide bonds. The van der Waals surface area contributed by atoms with Crippen molar-refractivity contribution < 1.29 is 4.79 Å². The maximum Gasteiger partial charge on any atom is 0.217 e. The average Bonchev–Trinajstić information content (AvgIpc) is 2.03. The topological polar surface area (TPSA) is 29.1 Å². The molecule has 1 atom stereocenters. The maximum absolute atomic E-state index is 10.8. The Morgan fingerprint density at radius 2 is 2.23 bits per heavy atom. The van der Waals surface area contributed by atoms with Crippen molar-refractivity contribution in [1.29, 1.82) is 0 Å². The van der Waals surface area contributed by atoms with Crippen LogP contribution < -0.4 is 5.32 Å². The van der Waals surface area contributed by atoms with E-state index in [1.54, 1.807) is 0 Å². The molecule has 2 nitrogen and oxygen atoms in total. The molecule has 13 heavy (non-hydrogen) atoms. The largest absolute Gasteiger partial charge is 0.350 e. The van der Waals surface area contributed by atoms with E-state index in [0.29, 0.717) is 0 Å². The summed E-state index contributed by atoms with van der Waals surface area (Å²) in [5.74, 6) is -0.00697. The van der Waals surface area contributed by atoms with Crippen LogP contribution in [-0.2, 0) is 4.79 Å². The number of hydrogen-bond acceptors (Lipinski definition) is 1. The Balaban J connectivity index is 2.76. The molecule has 0 saturated heterocycles. The van der Waals surface area contributed by atoms with Crippen LogP contribution in [0.4, 0.5) is 0 Å². The molecule has 0 bridgehead atoms. The van der Waals surface area contributed by atoms with Gasteiger partial charge < -0.3 is 5.32 Å². The fourth-order valence-electron chi connectivity index (χ4n) is 1.16. The van der Waals surface area contributed by atoms with Gasteiger partial charge in [0.1, 0.15) is 0 Å². The smallest absolute Gasteiger partial charge is 0.217 e. The number of nitrogens with one attached hydrogen (secondary N) is 1. The van der Waals surface area contributed by atoms with Crippen molar-refractivity contribution in [2.75, 3.05) is 0 Å². The molecule has 0 spiro atoms. The van der Waals surface area contributed by atoms with E-state index in [9.17, 15) is 4.79 Å². The highest BCUT2D eigenvalue weighted by atomic mass is 79.9. The first-order chi connectivity index (χ1) is 6.09. The first-order valence-electron chi connectivity index (χ1n) is 4.12. The van der Waals surface area contributed by atoms with Crippen molar-refractivity contribution in [3.63, 3.8) is 0 Å². The quantitative estimate of drug-likeness (QED) is 0.848. The van der Waals surface area contributed by atoms with E-state index in [1.807, 2.05) is 31.2 Å².